The number of nitrogens with zero attached hydrogens (tertiary/aromatic N) is 6. The highest BCUT2D eigenvalue weighted by atomic mass is 16.3. The van der Waals surface area contributed by atoms with Gasteiger partial charge in [-0.15, -0.1) is 0 Å². The van der Waals surface area contributed by atoms with Crippen LogP contribution in [0, 0.1) is 5.41 Å². The molecule has 3 aromatic heterocycles. The molecule has 7 heteroatoms. The molecule has 0 spiro atoms. The molecule has 1 aliphatic rings. The zero-order valence-electron chi connectivity index (χ0n) is 21.0. The van der Waals surface area contributed by atoms with Crippen LogP contribution >= 0.6 is 0 Å². The lowest BCUT2D eigenvalue weighted by atomic mass is 9.62. The Morgan fingerprint density at radius 1 is 1.11 bits per heavy atom. The number of pyridine rings is 1. The lowest BCUT2D eigenvalue weighted by molar-refractivity contribution is -0.127. The fraction of sp³-hybridized carbons (Fsp3) is 0.393. The lowest BCUT2D eigenvalue weighted by Crippen LogP contribution is -2.63. The molecule has 35 heavy (non-hydrogen) atoms. The molecule has 0 saturated carbocycles. The van der Waals surface area contributed by atoms with Crippen LogP contribution in [0.25, 0.3) is 5.69 Å². The average Bonchev–Trinajstić information content (AvgIpc) is 3.53. The van der Waals surface area contributed by atoms with Crippen molar-refractivity contribution in [2.45, 2.75) is 45.3 Å². The van der Waals surface area contributed by atoms with Gasteiger partial charge in [-0.05, 0) is 36.2 Å². The highest BCUT2D eigenvalue weighted by Gasteiger charge is 2.55. The third kappa shape index (κ3) is 4.30. The van der Waals surface area contributed by atoms with Gasteiger partial charge in [0, 0.05) is 61.8 Å². The zero-order valence-corrected chi connectivity index (χ0v) is 21.0. The first-order chi connectivity index (χ1) is 16.8. The number of likely N-dealkylation sites (tertiary alicyclic amines) is 1. The van der Waals surface area contributed by atoms with E-state index in [1.807, 2.05) is 46.3 Å². The Kier molecular flexibility index (Phi) is 6.07. The van der Waals surface area contributed by atoms with Gasteiger partial charge in [0.15, 0.2) is 0 Å². The number of aryl methyl sites for hydroxylation is 2. The van der Waals surface area contributed by atoms with E-state index in [1.54, 1.807) is 12.4 Å². The molecular formula is C28H34N6O. The molecule has 1 atom stereocenters. The highest BCUT2D eigenvalue weighted by molar-refractivity contribution is 5.44. The van der Waals surface area contributed by atoms with E-state index >= 15 is 0 Å². The van der Waals surface area contributed by atoms with E-state index in [0.29, 0.717) is 5.92 Å². The van der Waals surface area contributed by atoms with Gasteiger partial charge in [-0.1, -0.05) is 45.0 Å². The van der Waals surface area contributed by atoms with Crippen molar-refractivity contribution in [2.24, 2.45) is 5.41 Å². The van der Waals surface area contributed by atoms with Gasteiger partial charge >= 0.3 is 0 Å². The van der Waals surface area contributed by atoms with Gasteiger partial charge in [0.1, 0.15) is 5.60 Å². The quantitative estimate of drug-likeness (QED) is 0.421. The van der Waals surface area contributed by atoms with Crippen LogP contribution in [0.3, 0.4) is 0 Å². The molecule has 1 fully saturated rings. The fourth-order valence-corrected chi connectivity index (χ4v) is 5.41. The van der Waals surface area contributed by atoms with Crippen LogP contribution in [0.4, 0.5) is 0 Å². The first-order valence-corrected chi connectivity index (χ1v) is 12.3. The van der Waals surface area contributed by atoms with Crippen molar-refractivity contribution in [2.75, 3.05) is 20.1 Å². The summed E-state index contributed by atoms with van der Waals surface area (Å²) in [6.07, 6.45) is 12.0. The summed E-state index contributed by atoms with van der Waals surface area (Å²) < 4.78 is 3.88. The topological polar surface area (TPSA) is 72.0 Å². The molecule has 4 aromatic rings. The van der Waals surface area contributed by atoms with Crippen LogP contribution in [-0.4, -0.2) is 54.5 Å². The lowest BCUT2D eigenvalue weighted by Gasteiger charge is -2.55. The Bertz CT molecular complexity index is 1270. The Hall–Kier alpha value is -3.29. The summed E-state index contributed by atoms with van der Waals surface area (Å²) in [5.74, 6) is 0.441. The van der Waals surface area contributed by atoms with E-state index in [-0.39, 0.29) is 5.41 Å². The SMILES string of the molecule is CC(C)c1ccc([C@](O)(c2cncc(-n3cnc(CCn4cccn4)c3)c2)C2(C)CN(C)C2)cc1. The molecule has 0 bridgehead atoms. The maximum Gasteiger partial charge on any atom is 0.124 e. The summed E-state index contributed by atoms with van der Waals surface area (Å²) in [6, 6.07) is 12.4. The number of aromatic nitrogens is 5. The van der Waals surface area contributed by atoms with Gasteiger partial charge < -0.3 is 14.6 Å². The molecule has 1 aliphatic heterocycles. The molecule has 1 aromatic carbocycles. The molecule has 1 saturated heterocycles. The molecule has 182 valence electrons. The van der Waals surface area contributed by atoms with Gasteiger partial charge in [0.2, 0.25) is 0 Å². The molecule has 5 rings (SSSR count). The Morgan fingerprint density at radius 3 is 2.54 bits per heavy atom. The number of aliphatic hydroxyl groups is 1. The largest absolute Gasteiger partial charge is 0.380 e. The van der Waals surface area contributed by atoms with Gasteiger partial charge in [-0.25, -0.2) is 4.98 Å². The molecule has 1 N–H and O–H groups in total. The van der Waals surface area contributed by atoms with E-state index < -0.39 is 5.60 Å². The summed E-state index contributed by atoms with van der Waals surface area (Å²) in [4.78, 5) is 11.4. The summed E-state index contributed by atoms with van der Waals surface area (Å²) in [7, 11) is 2.09. The molecule has 7 nitrogen and oxygen atoms in total. The first kappa shape index (κ1) is 23.5. The van der Waals surface area contributed by atoms with Crippen molar-refractivity contribution in [1.82, 2.24) is 29.2 Å². The van der Waals surface area contributed by atoms with Gasteiger partial charge in [-0.3, -0.25) is 9.67 Å². The van der Waals surface area contributed by atoms with Crippen molar-refractivity contribution in [3.63, 3.8) is 0 Å². The normalized spacial score (nSPS) is 17.3. The fourth-order valence-electron chi connectivity index (χ4n) is 5.41. The number of rotatable bonds is 8. The van der Waals surface area contributed by atoms with Gasteiger partial charge in [0.05, 0.1) is 23.9 Å². The summed E-state index contributed by atoms with van der Waals surface area (Å²) >= 11 is 0. The highest BCUT2D eigenvalue weighted by Crippen LogP contribution is 2.50. The van der Waals surface area contributed by atoms with Crippen molar-refractivity contribution < 1.29 is 5.11 Å². The second kappa shape index (κ2) is 9.06. The smallest absolute Gasteiger partial charge is 0.124 e. The molecule has 0 amide bonds. The average molecular weight is 471 g/mol. The molecular weight excluding hydrogens is 436 g/mol. The van der Waals surface area contributed by atoms with Crippen LogP contribution in [0.5, 0.6) is 0 Å². The minimum atomic E-state index is -1.17. The number of imidazole rings is 1. The number of hydrogen-bond donors (Lipinski definition) is 1. The first-order valence-electron chi connectivity index (χ1n) is 12.3. The summed E-state index contributed by atoms with van der Waals surface area (Å²) in [5.41, 5.74) is 3.34. The van der Waals surface area contributed by atoms with Crippen LogP contribution in [0.2, 0.25) is 0 Å². The molecule has 0 aliphatic carbocycles. The third-order valence-corrected chi connectivity index (χ3v) is 7.34. The van der Waals surface area contributed by atoms with E-state index in [2.05, 4.69) is 72.1 Å². The summed E-state index contributed by atoms with van der Waals surface area (Å²) in [6.45, 7) is 8.93. The summed E-state index contributed by atoms with van der Waals surface area (Å²) in [5, 5.41) is 16.7. The number of hydrogen-bond acceptors (Lipinski definition) is 5. The maximum absolute atomic E-state index is 12.4. The van der Waals surface area contributed by atoms with E-state index in [9.17, 15) is 5.11 Å². The van der Waals surface area contributed by atoms with Crippen molar-refractivity contribution in [3.8, 4) is 5.69 Å². The zero-order chi connectivity index (χ0) is 24.6. The van der Waals surface area contributed by atoms with E-state index in [4.69, 9.17) is 0 Å². The predicted octanol–water partition coefficient (Wildman–Crippen LogP) is 4.02. The van der Waals surface area contributed by atoms with Crippen molar-refractivity contribution in [3.05, 3.63) is 96.1 Å². The Morgan fingerprint density at radius 2 is 1.89 bits per heavy atom. The van der Waals surface area contributed by atoms with Crippen LogP contribution < -0.4 is 0 Å². The number of benzene rings is 1. The van der Waals surface area contributed by atoms with E-state index in [1.165, 1.54) is 5.56 Å². The van der Waals surface area contributed by atoms with Crippen LogP contribution in [0.1, 0.15) is 49.1 Å². The van der Waals surface area contributed by atoms with Gasteiger partial charge in [0.25, 0.3) is 0 Å². The maximum atomic E-state index is 12.4. The van der Waals surface area contributed by atoms with Crippen molar-refractivity contribution in [1.29, 1.82) is 0 Å². The van der Waals surface area contributed by atoms with Crippen LogP contribution in [-0.2, 0) is 18.6 Å². The third-order valence-electron chi connectivity index (χ3n) is 7.34. The van der Waals surface area contributed by atoms with Crippen LogP contribution in [0.15, 0.2) is 73.7 Å². The monoisotopic (exact) mass is 470 g/mol. The molecule has 0 radical (unpaired) electrons. The minimum Gasteiger partial charge on any atom is -0.380 e. The predicted molar refractivity (Wildman–Crippen MR) is 136 cm³/mol. The molecule has 4 heterocycles. The minimum absolute atomic E-state index is 0.328. The van der Waals surface area contributed by atoms with Gasteiger partial charge in [-0.2, -0.15) is 5.10 Å². The second-order valence-electron chi connectivity index (χ2n) is 10.4. The molecule has 0 unspecified atom stereocenters. The Balaban J connectivity index is 1.48. The second-order valence-corrected chi connectivity index (χ2v) is 10.4. The Labute approximate surface area is 207 Å². The van der Waals surface area contributed by atoms with Crippen molar-refractivity contribution >= 4 is 0 Å². The standard InChI is InChI=1S/C28H34N6O/c1-21(2)22-6-8-23(9-7-22)28(35,27(3)18-32(4)19-27)24-14-26(16-29-15-24)33-17-25(30-20-33)10-13-34-12-5-11-31-34/h5-9,11-12,14-17,20-21,35H,10,13,18-19H2,1-4H3/t28-/m0/s1. The van der Waals surface area contributed by atoms with E-state index in [0.717, 1.165) is 48.6 Å².